The third-order valence-corrected chi connectivity index (χ3v) is 1.17. The molecule has 1 aromatic rings. The Morgan fingerprint density at radius 2 is 2.25 bits per heavy atom. The second-order valence-electron chi connectivity index (χ2n) is 1.31. The quantitative estimate of drug-likeness (QED) is 0.508. The molecule has 8 heavy (non-hydrogen) atoms. The molecular weight excluding hydrogens is 145 g/mol. The first-order chi connectivity index (χ1) is 3.79. The first kappa shape index (κ1) is 5.86. The summed E-state index contributed by atoms with van der Waals surface area (Å²) in [5.41, 5.74) is 0. The number of pyridine rings is 1. The van der Waals surface area contributed by atoms with Gasteiger partial charge in [0.05, 0.1) is 11.2 Å². The zero-order valence-electron chi connectivity index (χ0n) is 3.97. The van der Waals surface area contributed by atoms with Crippen LogP contribution in [0, 0.1) is 11.6 Å². The summed E-state index contributed by atoms with van der Waals surface area (Å²) in [4.78, 5) is 3.76. The molecule has 0 fully saturated rings. The fourth-order valence-corrected chi connectivity index (χ4v) is 0.595. The van der Waals surface area contributed by atoms with Crippen LogP contribution in [0.3, 0.4) is 0 Å². The number of nitrogens with zero attached hydrogens (tertiary/aromatic N) is 1. The predicted molar refractivity (Wildman–Crippen MR) is 29.8 cm³/mol. The molecule has 0 aromatic carbocycles. The topological polar surface area (TPSA) is 12.9 Å². The van der Waals surface area contributed by atoms with E-state index in [2.05, 4.69) is 4.98 Å². The zero-order chi connectivity index (χ0) is 5.98. The van der Waals surface area contributed by atoms with Crippen LogP contribution in [-0.2, 0) is 0 Å². The second kappa shape index (κ2) is 2.33. The maximum atomic E-state index is 5.50. The lowest BCUT2D eigenvalue weighted by Gasteiger charge is -1.80. The fraction of sp³-hybridized carbons (Fsp3) is 0. The van der Waals surface area contributed by atoms with Gasteiger partial charge in [-0.1, -0.05) is 11.6 Å². The monoisotopic (exact) mass is 148 g/mol. The van der Waals surface area contributed by atoms with E-state index in [1.165, 1.54) is 6.20 Å². The lowest BCUT2D eigenvalue weighted by molar-refractivity contribution is -0.296. The molecule has 1 nitrogen and oxygen atoms in total. The van der Waals surface area contributed by atoms with Crippen molar-refractivity contribution in [1.82, 2.24) is 4.98 Å². The molecule has 0 atom stereocenters. The van der Waals surface area contributed by atoms with Crippen LogP contribution in [0.15, 0.2) is 18.3 Å². The van der Waals surface area contributed by atoms with Gasteiger partial charge >= 0.3 is 5.15 Å². The molecule has 0 unspecified atom stereocenters. The van der Waals surface area contributed by atoms with Crippen molar-refractivity contribution in [2.24, 2.45) is 0 Å². The van der Waals surface area contributed by atoms with Gasteiger partial charge in [-0.2, -0.15) is 4.98 Å². The van der Waals surface area contributed by atoms with Crippen LogP contribution in [-0.4, -0.2) is 4.98 Å². The lowest BCUT2D eigenvalue weighted by Crippen LogP contribution is -1.73. The van der Waals surface area contributed by atoms with E-state index in [0.717, 1.165) is 0 Å². The molecule has 0 saturated carbocycles. The normalized spacial score (nSPS) is 9.25. The Bertz CT molecular complexity index is 149. The van der Waals surface area contributed by atoms with E-state index < -0.39 is 0 Å². The van der Waals surface area contributed by atoms with E-state index in [1.54, 1.807) is 12.1 Å². The van der Waals surface area contributed by atoms with Crippen LogP contribution >= 0.6 is 11.6 Å². The van der Waals surface area contributed by atoms with Gasteiger partial charge in [0, 0.05) is 6.07 Å². The van der Waals surface area contributed by atoms with Gasteiger partial charge in [-0.3, -0.25) is 0 Å². The first-order valence-electron chi connectivity index (χ1n) is 2.07. The summed E-state index contributed by atoms with van der Waals surface area (Å²) >= 11 is 10.2. The van der Waals surface area contributed by atoms with Gasteiger partial charge in [-0.15, -0.1) is 0 Å². The van der Waals surface area contributed by atoms with Crippen LogP contribution in [0.4, 0.5) is 0 Å². The van der Waals surface area contributed by atoms with E-state index in [-0.39, 0.29) is 0 Å². The van der Waals surface area contributed by atoms with Gasteiger partial charge in [0.2, 0.25) is 0 Å². The third kappa shape index (κ3) is 1.35. The van der Waals surface area contributed by atoms with Crippen LogP contribution in [0.5, 0.6) is 0 Å². The number of aromatic nitrogens is 1. The number of hydrogen-bond donors (Lipinski definition) is 0. The van der Waals surface area contributed by atoms with Crippen molar-refractivity contribution >= 4 is 11.6 Å². The average molecular weight is 149 g/mol. The Kier molecular flexibility index (Phi) is 1.71. The van der Waals surface area contributed by atoms with Crippen LogP contribution in [0.25, 0.3) is 0 Å². The Balaban J connectivity index is 3.03. The summed E-state index contributed by atoms with van der Waals surface area (Å²) in [6.45, 7) is 0. The molecule has 1 aromatic heterocycles. The van der Waals surface area contributed by atoms with Crippen LogP contribution in [0.2, 0.25) is 10.2 Å². The minimum Gasteiger partial charge on any atom is -0.200 e. The molecule has 42 valence electrons. The Morgan fingerprint density at radius 1 is 1.50 bits per heavy atom. The largest absolute Gasteiger partial charge is 0.318 e. The van der Waals surface area contributed by atoms with Gasteiger partial charge < -0.3 is 0 Å². The zero-order valence-corrected chi connectivity index (χ0v) is 5.54. The molecule has 0 aliphatic heterocycles. The van der Waals surface area contributed by atoms with Gasteiger partial charge in [0.1, 0.15) is 0 Å². The standard InChI is InChI=1S/C5H4Cl2N/c6-4-1-2-5(7)8-3-4/h1-3,7H/q+1. The van der Waals surface area contributed by atoms with E-state index in [1.807, 2.05) is 0 Å². The highest BCUT2D eigenvalue weighted by Gasteiger charge is 1.93. The molecule has 1 rings (SSSR count). The number of rotatable bonds is 0. The third-order valence-electron chi connectivity index (χ3n) is 0.700. The van der Waals surface area contributed by atoms with Crippen LogP contribution < -0.4 is 0 Å². The summed E-state index contributed by atoms with van der Waals surface area (Å²) in [7, 11) is 0. The molecular formula is C5H4Cl2N+. The molecule has 0 N–H and O–H groups in total. The summed E-state index contributed by atoms with van der Waals surface area (Å²) in [5, 5.41) is 1.20. The molecule has 0 bridgehead atoms. The van der Waals surface area contributed by atoms with E-state index in [0.29, 0.717) is 10.2 Å². The van der Waals surface area contributed by atoms with E-state index >= 15 is 0 Å². The lowest BCUT2D eigenvalue weighted by atomic mass is 10.5. The summed E-state index contributed by atoms with van der Waals surface area (Å²) in [5.74, 6) is 0. The van der Waals surface area contributed by atoms with Crippen molar-refractivity contribution in [1.29, 1.82) is 0 Å². The molecule has 0 amide bonds. The van der Waals surface area contributed by atoms with E-state index in [4.69, 9.17) is 23.2 Å². The van der Waals surface area contributed by atoms with Crippen molar-refractivity contribution in [3.63, 3.8) is 0 Å². The maximum absolute atomic E-state index is 5.50. The van der Waals surface area contributed by atoms with Gasteiger partial charge in [0.25, 0.3) is 0 Å². The molecule has 1 heterocycles. The second-order valence-corrected chi connectivity index (χ2v) is 2.17. The highest BCUT2D eigenvalue weighted by Crippen LogP contribution is 2.05. The van der Waals surface area contributed by atoms with Gasteiger partial charge in [0.15, 0.2) is 11.6 Å². The van der Waals surface area contributed by atoms with Gasteiger partial charge in [-0.05, 0) is 6.07 Å². The van der Waals surface area contributed by atoms with Crippen molar-refractivity contribution < 1.29 is 11.6 Å². The maximum Gasteiger partial charge on any atom is 0.318 e. The highest BCUT2D eigenvalue weighted by molar-refractivity contribution is 6.30. The van der Waals surface area contributed by atoms with Crippen molar-refractivity contribution in [3.8, 4) is 0 Å². The summed E-state index contributed by atoms with van der Waals surface area (Å²) < 4.78 is 0. The average Bonchev–Trinajstić information content (AvgIpc) is 1.77. The summed E-state index contributed by atoms with van der Waals surface area (Å²) in [6.07, 6.45) is 1.53. The van der Waals surface area contributed by atoms with Crippen LogP contribution in [0.1, 0.15) is 0 Å². The van der Waals surface area contributed by atoms with Gasteiger partial charge in [-0.25, -0.2) is 0 Å². The minimum atomic E-state index is 0.578. The number of hydrogen-bond acceptors (Lipinski definition) is 1. The smallest absolute Gasteiger partial charge is 0.200 e. The summed E-state index contributed by atoms with van der Waals surface area (Å²) in [6, 6.07) is 3.41. The number of halogens is 2. The minimum absolute atomic E-state index is 0.578. The Hall–Kier alpha value is -0.270. The Labute approximate surface area is 57.3 Å². The Morgan fingerprint density at radius 3 is 2.62 bits per heavy atom. The molecule has 0 aliphatic carbocycles. The SMILES string of the molecule is Clc1ccc([ClH+])nc1. The fourth-order valence-electron chi connectivity index (χ4n) is 0.362. The molecule has 0 spiro atoms. The van der Waals surface area contributed by atoms with Crippen molar-refractivity contribution in [2.75, 3.05) is 0 Å². The molecule has 3 heteroatoms. The molecule has 0 saturated heterocycles. The van der Waals surface area contributed by atoms with Crippen molar-refractivity contribution in [3.05, 3.63) is 28.5 Å². The molecule has 0 aliphatic rings. The predicted octanol–water partition coefficient (Wildman–Crippen LogP) is 1.43. The van der Waals surface area contributed by atoms with E-state index in [9.17, 15) is 0 Å². The van der Waals surface area contributed by atoms with Crippen molar-refractivity contribution in [2.45, 2.75) is 0 Å². The first-order valence-corrected chi connectivity index (χ1v) is 2.86. The molecule has 0 radical (unpaired) electrons. The highest BCUT2D eigenvalue weighted by atomic mass is 35.5.